The van der Waals surface area contributed by atoms with Gasteiger partial charge >= 0.3 is 0 Å². The summed E-state index contributed by atoms with van der Waals surface area (Å²) in [6.45, 7) is 2.86. The molecule has 15 heavy (non-hydrogen) atoms. The molecule has 2 aromatic rings. The lowest BCUT2D eigenvalue weighted by atomic mass is 10.2. The van der Waals surface area contributed by atoms with Gasteiger partial charge in [-0.2, -0.15) is 0 Å². The van der Waals surface area contributed by atoms with Crippen LogP contribution in [0.1, 0.15) is 10.4 Å². The Morgan fingerprint density at radius 1 is 1.40 bits per heavy atom. The van der Waals surface area contributed by atoms with Gasteiger partial charge < -0.3 is 5.32 Å². The van der Waals surface area contributed by atoms with Crippen LogP contribution in [0.5, 0.6) is 0 Å². The van der Waals surface area contributed by atoms with E-state index in [2.05, 4.69) is 39.2 Å². The lowest BCUT2D eigenvalue weighted by molar-refractivity contribution is 1.12. The zero-order valence-corrected chi connectivity index (χ0v) is 10.7. The molecule has 0 aliphatic heterocycles. The summed E-state index contributed by atoms with van der Waals surface area (Å²) in [5, 5.41) is 4.28. The van der Waals surface area contributed by atoms with Gasteiger partial charge in [-0.15, -0.1) is 11.3 Å². The molecule has 0 spiro atoms. The van der Waals surface area contributed by atoms with Gasteiger partial charge in [0.05, 0.1) is 0 Å². The summed E-state index contributed by atoms with van der Waals surface area (Å²) in [7, 11) is 0. The second kappa shape index (κ2) is 4.77. The Kier molecular flexibility index (Phi) is 3.38. The van der Waals surface area contributed by atoms with E-state index < -0.39 is 0 Å². The number of thiazole rings is 1. The second-order valence-electron chi connectivity index (χ2n) is 3.22. The maximum absolute atomic E-state index is 4.25. The SMILES string of the molecule is Cc1cnc(NCc2ccccc2Br)s1. The zero-order valence-electron chi connectivity index (χ0n) is 8.33. The van der Waals surface area contributed by atoms with Gasteiger partial charge in [-0.25, -0.2) is 4.98 Å². The second-order valence-corrected chi connectivity index (χ2v) is 5.31. The van der Waals surface area contributed by atoms with Crippen molar-refractivity contribution in [3.63, 3.8) is 0 Å². The molecule has 1 N–H and O–H groups in total. The number of nitrogens with zero attached hydrogens (tertiary/aromatic N) is 1. The van der Waals surface area contributed by atoms with Crippen LogP contribution in [0.2, 0.25) is 0 Å². The van der Waals surface area contributed by atoms with Crippen LogP contribution in [0.3, 0.4) is 0 Å². The first-order chi connectivity index (χ1) is 7.25. The molecule has 0 aliphatic carbocycles. The fraction of sp³-hybridized carbons (Fsp3) is 0.182. The van der Waals surface area contributed by atoms with Crippen molar-refractivity contribution in [2.75, 3.05) is 5.32 Å². The predicted molar refractivity (Wildman–Crippen MR) is 68.3 cm³/mol. The smallest absolute Gasteiger partial charge is 0.183 e. The highest BCUT2D eigenvalue weighted by Crippen LogP contribution is 2.20. The highest BCUT2D eigenvalue weighted by atomic mass is 79.9. The normalized spacial score (nSPS) is 10.3. The molecule has 1 aromatic carbocycles. The molecule has 0 saturated heterocycles. The highest BCUT2D eigenvalue weighted by Gasteiger charge is 2.00. The minimum atomic E-state index is 0.800. The van der Waals surface area contributed by atoms with Gasteiger partial charge in [-0.05, 0) is 18.6 Å². The summed E-state index contributed by atoms with van der Waals surface area (Å²) in [6, 6.07) is 8.19. The quantitative estimate of drug-likeness (QED) is 0.926. The summed E-state index contributed by atoms with van der Waals surface area (Å²) in [5.74, 6) is 0. The van der Waals surface area contributed by atoms with Crippen molar-refractivity contribution in [2.24, 2.45) is 0 Å². The summed E-state index contributed by atoms with van der Waals surface area (Å²) in [6.07, 6.45) is 1.88. The van der Waals surface area contributed by atoms with Crippen molar-refractivity contribution in [3.8, 4) is 0 Å². The van der Waals surface area contributed by atoms with Crippen LogP contribution < -0.4 is 5.32 Å². The molecule has 2 rings (SSSR count). The summed E-state index contributed by atoms with van der Waals surface area (Å²) >= 11 is 5.19. The molecular weight excluding hydrogens is 272 g/mol. The molecule has 0 atom stereocenters. The molecule has 0 bridgehead atoms. The molecule has 4 heteroatoms. The van der Waals surface area contributed by atoms with Crippen molar-refractivity contribution >= 4 is 32.4 Å². The average molecular weight is 283 g/mol. The third kappa shape index (κ3) is 2.79. The first-order valence-corrected chi connectivity index (χ1v) is 6.26. The Morgan fingerprint density at radius 3 is 2.87 bits per heavy atom. The number of hydrogen-bond acceptors (Lipinski definition) is 3. The first kappa shape index (κ1) is 10.6. The van der Waals surface area contributed by atoms with Crippen LogP contribution in [-0.4, -0.2) is 4.98 Å². The molecule has 0 radical (unpaired) electrons. The van der Waals surface area contributed by atoms with Crippen molar-refractivity contribution in [3.05, 3.63) is 45.4 Å². The Balaban J connectivity index is 2.02. The van der Waals surface area contributed by atoms with Gasteiger partial charge in [0.15, 0.2) is 5.13 Å². The van der Waals surface area contributed by atoms with Crippen LogP contribution in [0.4, 0.5) is 5.13 Å². The van der Waals surface area contributed by atoms with Crippen molar-refractivity contribution < 1.29 is 0 Å². The van der Waals surface area contributed by atoms with E-state index in [9.17, 15) is 0 Å². The number of hydrogen-bond donors (Lipinski definition) is 1. The highest BCUT2D eigenvalue weighted by molar-refractivity contribution is 9.10. The lowest BCUT2D eigenvalue weighted by Crippen LogP contribution is -1.99. The van der Waals surface area contributed by atoms with Crippen LogP contribution in [0.15, 0.2) is 34.9 Å². The van der Waals surface area contributed by atoms with Gasteiger partial charge in [0.2, 0.25) is 0 Å². The van der Waals surface area contributed by atoms with E-state index in [4.69, 9.17) is 0 Å². The van der Waals surface area contributed by atoms with E-state index in [0.717, 1.165) is 16.1 Å². The molecule has 78 valence electrons. The number of aromatic nitrogens is 1. The Hall–Kier alpha value is -0.870. The molecule has 0 unspecified atom stereocenters. The summed E-state index contributed by atoms with van der Waals surface area (Å²) in [5.41, 5.74) is 1.24. The third-order valence-electron chi connectivity index (χ3n) is 2.01. The molecule has 2 nitrogen and oxygen atoms in total. The summed E-state index contributed by atoms with van der Waals surface area (Å²) < 4.78 is 1.13. The molecule has 0 aliphatic rings. The monoisotopic (exact) mass is 282 g/mol. The van der Waals surface area contributed by atoms with Crippen LogP contribution in [0.25, 0.3) is 0 Å². The van der Waals surface area contributed by atoms with Crippen LogP contribution in [-0.2, 0) is 6.54 Å². The minimum absolute atomic E-state index is 0.800. The topological polar surface area (TPSA) is 24.9 Å². The molecule has 0 fully saturated rings. The van der Waals surface area contributed by atoms with E-state index in [1.165, 1.54) is 10.4 Å². The number of benzene rings is 1. The largest absolute Gasteiger partial charge is 0.357 e. The fourth-order valence-electron chi connectivity index (χ4n) is 1.25. The lowest BCUT2D eigenvalue weighted by Gasteiger charge is -2.04. The van der Waals surface area contributed by atoms with E-state index in [-0.39, 0.29) is 0 Å². The van der Waals surface area contributed by atoms with Gasteiger partial charge in [0.1, 0.15) is 0 Å². The van der Waals surface area contributed by atoms with Crippen molar-refractivity contribution in [2.45, 2.75) is 13.5 Å². The standard InChI is InChI=1S/C11H11BrN2S/c1-8-6-13-11(15-8)14-7-9-4-2-3-5-10(9)12/h2-6H,7H2,1H3,(H,13,14). The molecule has 1 aromatic heterocycles. The van der Waals surface area contributed by atoms with Gasteiger partial charge in [0.25, 0.3) is 0 Å². The number of nitrogens with one attached hydrogen (secondary N) is 1. The zero-order chi connectivity index (χ0) is 10.7. The predicted octanol–water partition coefficient (Wildman–Crippen LogP) is 3.83. The number of aryl methyl sites for hydroxylation is 1. The summed E-state index contributed by atoms with van der Waals surface area (Å²) in [4.78, 5) is 5.48. The molecule has 0 saturated carbocycles. The fourth-order valence-corrected chi connectivity index (χ4v) is 2.33. The van der Waals surface area contributed by atoms with Gasteiger partial charge in [0, 0.05) is 22.1 Å². The number of anilines is 1. The number of rotatable bonds is 3. The van der Waals surface area contributed by atoms with Gasteiger partial charge in [-0.3, -0.25) is 0 Å². The average Bonchev–Trinajstić information content (AvgIpc) is 2.63. The molecular formula is C11H11BrN2S. The van der Waals surface area contributed by atoms with E-state index in [0.29, 0.717) is 0 Å². The van der Waals surface area contributed by atoms with Crippen LogP contribution >= 0.6 is 27.3 Å². The Bertz CT molecular complexity index is 453. The third-order valence-corrected chi connectivity index (χ3v) is 3.65. The maximum Gasteiger partial charge on any atom is 0.183 e. The molecule has 1 heterocycles. The van der Waals surface area contributed by atoms with E-state index in [1.54, 1.807) is 11.3 Å². The van der Waals surface area contributed by atoms with Crippen molar-refractivity contribution in [1.29, 1.82) is 0 Å². The van der Waals surface area contributed by atoms with Crippen molar-refractivity contribution in [1.82, 2.24) is 4.98 Å². The minimum Gasteiger partial charge on any atom is -0.357 e. The van der Waals surface area contributed by atoms with Crippen LogP contribution in [0, 0.1) is 6.92 Å². The van der Waals surface area contributed by atoms with Gasteiger partial charge in [-0.1, -0.05) is 34.1 Å². The Labute approximate surface area is 101 Å². The molecule has 0 amide bonds. The maximum atomic E-state index is 4.25. The van der Waals surface area contributed by atoms with E-state index >= 15 is 0 Å². The Morgan fingerprint density at radius 2 is 2.20 bits per heavy atom. The van der Waals surface area contributed by atoms with E-state index in [1.807, 2.05) is 24.4 Å². The first-order valence-electron chi connectivity index (χ1n) is 4.65. The number of halogens is 1.